The average molecular weight is 560 g/mol. The number of quaternary nitrogens is 1. The molecule has 216 valence electrons. The van der Waals surface area contributed by atoms with Crippen LogP contribution in [-0.2, 0) is 12.8 Å². The lowest BCUT2D eigenvalue weighted by Gasteiger charge is -2.50. The monoisotopic (exact) mass is 559 g/mol. The van der Waals surface area contributed by atoms with E-state index in [0.29, 0.717) is 29.4 Å². The summed E-state index contributed by atoms with van der Waals surface area (Å²) in [5, 5.41) is 20.4. The molecule has 3 unspecified atom stereocenters. The van der Waals surface area contributed by atoms with E-state index in [1.165, 1.54) is 55.5 Å². The third-order valence-corrected chi connectivity index (χ3v) is 10.6. The molecule has 1 saturated heterocycles. The zero-order valence-corrected chi connectivity index (χ0v) is 24.5. The fraction of sp³-hybridized carbons (Fsp3) is 0.368. The van der Waals surface area contributed by atoms with Crippen LogP contribution in [-0.4, -0.2) is 47.3 Å². The van der Waals surface area contributed by atoms with Crippen LogP contribution in [0.3, 0.4) is 0 Å². The van der Waals surface area contributed by atoms with Gasteiger partial charge in [-0.2, -0.15) is 0 Å². The number of aryl methyl sites for hydroxylation is 2. The molecule has 3 aliphatic rings. The van der Waals surface area contributed by atoms with Crippen LogP contribution in [0.5, 0.6) is 11.5 Å². The normalized spacial score (nSPS) is 23.0. The molecular formula is C38H43N2O2+. The third-order valence-electron chi connectivity index (χ3n) is 10.6. The molecule has 1 aliphatic heterocycles. The Hall–Kier alpha value is -3.60. The quantitative estimate of drug-likeness (QED) is 0.215. The smallest absolute Gasteiger partial charge is 0.138 e. The first-order valence-corrected chi connectivity index (χ1v) is 15.9. The number of benzene rings is 4. The van der Waals surface area contributed by atoms with Gasteiger partial charge >= 0.3 is 0 Å². The van der Waals surface area contributed by atoms with Gasteiger partial charge < -0.3 is 10.2 Å². The summed E-state index contributed by atoms with van der Waals surface area (Å²) < 4.78 is 0.762. The van der Waals surface area contributed by atoms with Crippen molar-refractivity contribution in [2.75, 3.05) is 26.2 Å². The molecule has 4 aromatic rings. The third kappa shape index (κ3) is 5.12. The van der Waals surface area contributed by atoms with Crippen molar-refractivity contribution < 1.29 is 10.2 Å². The lowest BCUT2D eigenvalue weighted by atomic mass is 9.90. The van der Waals surface area contributed by atoms with Crippen molar-refractivity contribution in [2.45, 2.75) is 62.8 Å². The maximum atomic E-state index is 10.2. The van der Waals surface area contributed by atoms with Crippen molar-refractivity contribution in [3.8, 4) is 11.5 Å². The van der Waals surface area contributed by atoms with Crippen molar-refractivity contribution in [1.29, 1.82) is 0 Å². The standard InChI is InChI=1S/C38H42N2O2/c41-35-19-15-32(16-20-35)40(33-17-21-36(42)22-18-33)26-25-39(24-23-31-12-10-29-6-2-4-8-38(29)31)27-34(40)14-13-30-11-9-28-5-1-3-7-37(28)30/h1-8,15-22,30-31,34H,9-14,23-27H2,(H-,41,42)/p+1. The minimum Gasteiger partial charge on any atom is -0.508 e. The number of aromatic hydroxyl groups is 2. The van der Waals surface area contributed by atoms with E-state index in [4.69, 9.17) is 0 Å². The lowest BCUT2D eigenvalue weighted by molar-refractivity contribution is 0.108. The molecule has 1 fully saturated rings. The largest absolute Gasteiger partial charge is 0.508 e. The predicted molar refractivity (Wildman–Crippen MR) is 172 cm³/mol. The van der Waals surface area contributed by atoms with Gasteiger partial charge in [0.25, 0.3) is 0 Å². The van der Waals surface area contributed by atoms with E-state index in [9.17, 15) is 10.2 Å². The van der Waals surface area contributed by atoms with Gasteiger partial charge in [0.1, 0.15) is 35.5 Å². The Balaban J connectivity index is 1.18. The summed E-state index contributed by atoms with van der Waals surface area (Å²) in [6, 6.07) is 34.3. The summed E-state index contributed by atoms with van der Waals surface area (Å²) in [7, 11) is 0. The molecule has 0 aromatic heterocycles. The molecule has 4 aromatic carbocycles. The van der Waals surface area contributed by atoms with Crippen LogP contribution in [0.4, 0.5) is 11.4 Å². The Kier molecular flexibility index (Phi) is 7.52. The Morgan fingerprint density at radius 2 is 1.14 bits per heavy atom. The van der Waals surface area contributed by atoms with E-state index < -0.39 is 0 Å². The first-order valence-electron chi connectivity index (χ1n) is 15.9. The number of piperazine rings is 1. The highest BCUT2D eigenvalue weighted by Crippen LogP contribution is 2.45. The van der Waals surface area contributed by atoms with Gasteiger partial charge in [-0.1, -0.05) is 48.5 Å². The van der Waals surface area contributed by atoms with Crippen LogP contribution < -0.4 is 4.48 Å². The molecular weight excluding hydrogens is 516 g/mol. The van der Waals surface area contributed by atoms with Crippen LogP contribution in [0.15, 0.2) is 97.1 Å². The maximum absolute atomic E-state index is 10.2. The van der Waals surface area contributed by atoms with E-state index in [2.05, 4.69) is 77.7 Å². The van der Waals surface area contributed by atoms with Crippen molar-refractivity contribution in [2.24, 2.45) is 0 Å². The number of rotatable bonds is 8. The van der Waals surface area contributed by atoms with Crippen LogP contribution in [0.2, 0.25) is 0 Å². The number of phenolic OH excluding ortho intramolecular Hbond substituents is 2. The number of hydrogen-bond acceptors (Lipinski definition) is 3. The maximum Gasteiger partial charge on any atom is 0.138 e. The predicted octanol–water partition coefficient (Wildman–Crippen LogP) is 8.05. The summed E-state index contributed by atoms with van der Waals surface area (Å²) >= 11 is 0. The Bertz CT molecular complexity index is 1470. The Morgan fingerprint density at radius 1 is 0.619 bits per heavy atom. The van der Waals surface area contributed by atoms with Crippen LogP contribution in [0, 0.1) is 0 Å². The number of phenols is 2. The highest BCUT2D eigenvalue weighted by atomic mass is 16.3. The van der Waals surface area contributed by atoms with E-state index in [0.717, 1.165) is 37.1 Å². The van der Waals surface area contributed by atoms with Crippen molar-refractivity contribution >= 4 is 11.4 Å². The second kappa shape index (κ2) is 11.6. The fourth-order valence-electron chi connectivity index (χ4n) is 8.41. The van der Waals surface area contributed by atoms with E-state index >= 15 is 0 Å². The highest BCUT2D eigenvalue weighted by molar-refractivity contribution is 5.61. The molecule has 0 amide bonds. The number of nitrogens with zero attached hydrogens (tertiary/aromatic N) is 2. The number of fused-ring (bicyclic) bond motifs is 2. The topological polar surface area (TPSA) is 43.7 Å². The molecule has 0 spiro atoms. The molecule has 4 heteroatoms. The zero-order valence-electron chi connectivity index (χ0n) is 24.5. The van der Waals surface area contributed by atoms with Gasteiger partial charge in [-0.05, 0) is 103 Å². The average Bonchev–Trinajstić information content (AvgIpc) is 3.64. The first kappa shape index (κ1) is 27.2. The lowest BCUT2D eigenvalue weighted by Crippen LogP contribution is -2.64. The fourth-order valence-corrected chi connectivity index (χ4v) is 8.41. The Labute approximate surface area is 250 Å². The van der Waals surface area contributed by atoms with Gasteiger partial charge in [0.15, 0.2) is 0 Å². The minimum absolute atomic E-state index is 0.303. The van der Waals surface area contributed by atoms with E-state index in [1.54, 1.807) is 16.7 Å². The second-order valence-corrected chi connectivity index (χ2v) is 12.8. The van der Waals surface area contributed by atoms with Crippen LogP contribution in [0.1, 0.15) is 66.2 Å². The van der Waals surface area contributed by atoms with Gasteiger partial charge in [0.05, 0.1) is 6.54 Å². The summed E-state index contributed by atoms with van der Waals surface area (Å²) in [5.74, 6) is 1.90. The first-order chi connectivity index (χ1) is 20.6. The molecule has 4 nitrogen and oxygen atoms in total. The summed E-state index contributed by atoms with van der Waals surface area (Å²) in [5.41, 5.74) is 8.65. The summed E-state index contributed by atoms with van der Waals surface area (Å²) in [4.78, 5) is 2.73. The second-order valence-electron chi connectivity index (χ2n) is 12.8. The number of hydrogen-bond donors (Lipinski definition) is 2. The summed E-state index contributed by atoms with van der Waals surface area (Å²) in [6.45, 7) is 4.18. The molecule has 0 saturated carbocycles. The molecule has 1 heterocycles. The molecule has 3 atom stereocenters. The molecule has 0 radical (unpaired) electrons. The van der Waals surface area contributed by atoms with Crippen molar-refractivity contribution in [3.63, 3.8) is 0 Å². The van der Waals surface area contributed by atoms with Crippen LogP contribution in [0.25, 0.3) is 0 Å². The van der Waals surface area contributed by atoms with E-state index in [1.807, 2.05) is 24.3 Å². The van der Waals surface area contributed by atoms with Gasteiger partial charge in [-0.15, -0.1) is 0 Å². The molecule has 0 bridgehead atoms. The van der Waals surface area contributed by atoms with Crippen molar-refractivity contribution in [1.82, 2.24) is 9.38 Å². The Morgan fingerprint density at radius 3 is 1.71 bits per heavy atom. The highest BCUT2D eigenvalue weighted by Gasteiger charge is 2.46. The van der Waals surface area contributed by atoms with Crippen LogP contribution >= 0.6 is 0 Å². The molecule has 2 N–H and O–H groups in total. The molecule has 2 aliphatic carbocycles. The molecule has 42 heavy (non-hydrogen) atoms. The van der Waals surface area contributed by atoms with Gasteiger partial charge in [0.2, 0.25) is 0 Å². The van der Waals surface area contributed by atoms with E-state index in [-0.39, 0.29) is 0 Å². The zero-order chi connectivity index (χ0) is 28.5. The minimum atomic E-state index is 0.303. The van der Waals surface area contributed by atoms with Crippen molar-refractivity contribution in [3.05, 3.63) is 119 Å². The van der Waals surface area contributed by atoms with Gasteiger partial charge in [-0.25, -0.2) is 0 Å². The van der Waals surface area contributed by atoms with Gasteiger partial charge in [-0.3, -0.25) is 9.38 Å². The molecule has 7 rings (SSSR count). The van der Waals surface area contributed by atoms with Gasteiger partial charge in [0, 0.05) is 37.2 Å². The summed E-state index contributed by atoms with van der Waals surface area (Å²) in [6.07, 6.45) is 8.46. The SMILES string of the molecule is Oc1ccc([N+]2(c3ccc(O)cc3)CCN(CCC3CCc4ccccc43)CC2CCC2CCc3ccccc32)cc1.